The lowest BCUT2D eigenvalue weighted by Crippen LogP contribution is -2.39. The first-order chi connectivity index (χ1) is 16.3. The summed E-state index contributed by atoms with van der Waals surface area (Å²) in [6, 6.07) is 3.74. The molecule has 5 rings (SSSR count). The van der Waals surface area contributed by atoms with Gasteiger partial charge in [-0.1, -0.05) is 17.7 Å². The third-order valence-electron chi connectivity index (χ3n) is 5.78. The minimum atomic E-state index is -1.07. The van der Waals surface area contributed by atoms with Gasteiger partial charge < -0.3 is 25.2 Å². The summed E-state index contributed by atoms with van der Waals surface area (Å²) in [5, 5.41) is 28.3. The number of aromatic amines is 1. The SMILES string of the molecule is COC1CC(c2nc(Nc3ccc4[nH]ncc4c3Cl)n(C)n2)=CC=C1OCC(=O)NC1(O)CC1. The number of methoxy groups -OCH3 is 1. The second kappa shape index (κ2) is 8.75. The van der Waals surface area contributed by atoms with Gasteiger partial charge >= 0.3 is 0 Å². The van der Waals surface area contributed by atoms with E-state index in [1.165, 1.54) is 0 Å². The van der Waals surface area contributed by atoms with Gasteiger partial charge in [-0.15, -0.1) is 5.10 Å². The van der Waals surface area contributed by atoms with Gasteiger partial charge in [-0.3, -0.25) is 9.89 Å². The Morgan fingerprint density at radius 2 is 2.21 bits per heavy atom. The van der Waals surface area contributed by atoms with Gasteiger partial charge in [-0.25, -0.2) is 4.68 Å². The van der Waals surface area contributed by atoms with Crippen molar-refractivity contribution in [2.45, 2.75) is 31.1 Å². The minimum Gasteiger partial charge on any atom is -0.485 e. The number of carbonyl (C=O) groups excluding carboxylic acids is 1. The number of aromatic nitrogens is 5. The van der Waals surface area contributed by atoms with E-state index in [2.05, 4.69) is 30.9 Å². The molecule has 11 nitrogen and oxygen atoms in total. The highest BCUT2D eigenvalue weighted by atomic mass is 35.5. The van der Waals surface area contributed by atoms with Crippen molar-refractivity contribution < 1.29 is 19.4 Å². The van der Waals surface area contributed by atoms with Gasteiger partial charge in [0.25, 0.3) is 5.91 Å². The molecular weight excluding hydrogens is 462 g/mol. The van der Waals surface area contributed by atoms with Gasteiger partial charge in [0.1, 0.15) is 17.6 Å². The van der Waals surface area contributed by atoms with E-state index in [9.17, 15) is 9.90 Å². The maximum Gasteiger partial charge on any atom is 0.260 e. The number of fused-ring (bicyclic) bond motifs is 1. The molecule has 1 aromatic carbocycles. The first kappa shape index (κ1) is 22.4. The van der Waals surface area contributed by atoms with Crippen molar-refractivity contribution in [3.63, 3.8) is 0 Å². The number of allylic oxidation sites excluding steroid dienone is 2. The molecule has 178 valence electrons. The Bertz CT molecular complexity index is 1310. The van der Waals surface area contributed by atoms with Crippen molar-refractivity contribution in [1.82, 2.24) is 30.3 Å². The van der Waals surface area contributed by atoms with E-state index in [1.54, 1.807) is 31.1 Å². The third-order valence-corrected chi connectivity index (χ3v) is 6.18. The number of nitrogens with zero attached hydrogens (tertiary/aromatic N) is 4. The summed E-state index contributed by atoms with van der Waals surface area (Å²) in [5.74, 6) is 1.21. The Morgan fingerprint density at radius 3 is 2.97 bits per heavy atom. The van der Waals surface area contributed by atoms with Crippen molar-refractivity contribution in [3.05, 3.63) is 47.1 Å². The number of benzene rings is 1. The number of aryl methyl sites for hydroxylation is 1. The molecule has 1 saturated carbocycles. The van der Waals surface area contributed by atoms with Crippen LogP contribution in [-0.2, 0) is 21.3 Å². The van der Waals surface area contributed by atoms with Crippen LogP contribution in [0.15, 0.2) is 36.2 Å². The second-order valence-electron chi connectivity index (χ2n) is 8.32. The molecular formula is C22H24ClN7O4. The third kappa shape index (κ3) is 4.49. The Hall–Kier alpha value is -3.41. The molecule has 2 aliphatic carbocycles. The molecule has 3 aromatic rings. The maximum atomic E-state index is 12.0. The monoisotopic (exact) mass is 485 g/mol. The highest BCUT2D eigenvalue weighted by molar-refractivity contribution is 6.38. The Morgan fingerprint density at radius 1 is 1.38 bits per heavy atom. The molecule has 12 heteroatoms. The lowest BCUT2D eigenvalue weighted by molar-refractivity contribution is -0.128. The van der Waals surface area contributed by atoms with E-state index in [0.717, 1.165) is 16.5 Å². The number of hydrogen-bond acceptors (Lipinski definition) is 8. The molecule has 0 spiro atoms. The molecule has 2 heterocycles. The Balaban J connectivity index is 1.30. The van der Waals surface area contributed by atoms with E-state index in [0.29, 0.717) is 47.5 Å². The van der Waals surface area contributed by atoms with Crippen LogP contribution in [0.3, 0.4) is 0 Å². The van der Waals surface area contributed by atoms with Gasteiger partial charge in [0.2, 0.25) is 5.95 Å². The number of rotatable bonds is 8. The number of carbonyl (C=O) groups is 1. The number of nitrogens with one attached hydrogen (secondary N) is 3. The van der Waals surface area contributed by atoms with Crippen LogP contribution in [-0.4, -0.2) is 61.5 Å². The fourth-order valence-electron chi connectivity index (χ4n) is 3.68. The highest BCUT2D eigenvalue weighted by Gasteiger charge is 2.42. The summed E-state index contributed by atoms with van der Waals surface area (Å²) in [4.78, 5) is 16.6. The van der Waals surface area contributed by atoms with Crippen LogP contribution in [0.5, 0.6) is 0 Å². The molecule has 1 unspecified atom stereocenters. The molecule has 2 aromatic heterocycles. The number of halogens is 1. The zero-order valence-electron chi connectivity index (χ0n) is 18.6. The van der Waals surface area contributed by atoms with E-state index < -0.39 is 11.8 Å². The molecule has 0 radical (unpaired) electrons. The number of hydrogen-bond donors (Lipinski definition) is 4. The number of anilines is 2. The summed E-state index contributed by atoms with van der Waals surface area (Å²) >= 11 is 6.51. The molecule has 0 bridgehead atoms. The molecule has 2 aliphatic rings. The average molecular weight is 486 g/mol. The van der Waals surface area contributed by atoms with Crippen molar-refractivity contribution in [2.75, 3.05) is 19.0 Å². The predicted molar refractivity (Wildman–Crippen MR) is 125 cm³/mol. The maximum absolute atomic E-state index is 12.0. The topological polar surface area (TPSA) is 139 Å². The van der Waals surface area contributed by atoms with E-state index in [-0.39, 0.29) is 12.5 Å². The summed E-state index contributed by atoms with van der Waals surface area (Å²) < 4.78 is 12.8. The fraction of sp³-hybridized carbons (Fsp3) is 0.364. The zero-order valence-corrected chi connectivity index (χ0v) is 19.4. The number of ether oxygens (including phenoxy) is 2. The minimum absolute atomic E-state index is 0.200. The lowest BCUT2D eigenvalue weighted by Gasteiger charge is -2.23. The van der Waals surface area contributed by atoms with Gasteiger partial charge in [0.15, 0.2) is 12.4 Å². The van der Waals surface area contributed by atoms with Crippen LogP contribution in [0, 0.1) is 0 Å². The number of aliphatic hydroxyl groups is 1. The summed E-state index contributed by atoms with van der Waals surface area (Å²) in [6.45, 7) is -0.200. The summed E-state index contributed by atoms with van der Waals surface area (Å²) in [5.41, 5.74) is 1.32. The quantitative estimate of drug-likeness (QED) is 0.357. The Kier molecular flexibility index (Phi) is 5.76. The molecule has 4 N–H and O–H groups in total. The molecule has 34 heavy (non-hydrogen) atoms. The van der Waals surface area contributed by atoms with Crippen LogP contribution in [0.25, 0.3) is 16.5 Å². The van der Waals surface area contributed by atoms with Crippen LogP contribution in [0.2, 0.25) is 5.02 Å². The molecule has 0 aliphatic heterocycles. The standard InChI is InChI=1S/C22H24ClN7O4/c1-30-21(25-15-5-4-14-13(19(15)23)10-24-28-14)26-20(29-30)12-3-6-16(17(9-12)33-2)34-11-18(31)27-22(32)7-8-22/h3-6,10,17,32H,7-9,11H2,1-2H3,(H,24,28)(H,27,31)(H,25,26,29). The van der Waals surface area contributed by atoms with Crippen LogP contribution in [0.1, 0.15) is 25.1 Å². The number of H-pyrrole nitrogens is 1. The number of amides is 1. The van der Waals surface area contributed by atoms with Crippen LogP contribution >= 0.6 is 11.6 Å². The smallest absolute Gasteiger partial charge is 0.260 e. The highest BCUT2D eigenvalue weighted by Crippen LogP contribution is 2.33. The average Bonchev–Trinajstić information content (AvgIpc) is 3.20. The van der Waals surface area contributed by atoms with Crippen molar-refractivity contribution in [2.24, 2.45) is 7.05 Å². The van der Waals surface area contributed by atoms with Gasteiger partial charge in [-0.2, -0.15) is 10.1 Å². The van der Waals surface area contributed by atoms with Gasteiger partial charge in [-0.05, 0) is 31.1 Å². The molecule has 1 fully saturated rings. The van der Waals surface area contributed by atoms with E-state index in [1.807, 2.05) is 18.2 Å². The molecule has 1 amide bonds. The Labute approximate surface area is 199 Å². The summed E-state index contributed by atoms with van der Waals surface area (Å²) in [6.07, 6.45) is 6.47. The zero-order chi connectivity index (χ0) is 23.9. The second-order valence-corrected chi connectivity index (χ2v) is 8.70. The van der Waals surface area contributed by atoms with Gasteiger partial charge in [0, 0.05) is 31.5 Å². The van der Waals surface area contributed by atoms with Crippen LogP contribution < -0.4 is 10.6 Å². The van der Waals surface area contributed by atoms with Crippen molar-refractivity contribution >= 4 is 45.6 Å². The first-order valence-electron chi connectivity index (χ1n) is 10.7. The van der Waals surface area contributed by atoms with Crippen molar-refractivity contribution in [3.8, 4) is 0 Å². The van der Waals surface area contributed by atoms with E-state index in [4.69, 9.17) is 21.1 Å². The van der Waals surface area contributed by atoms with E-state index >= 15 is 0 Å². The van der Waals surface area contributed by atoms with Crippen LogP contribution in [0.4, 0.5) is 11.6 Å². The molecule has 0 saturated heterocycles. The van der Waals surface area contributed by atoms with Crippen molar-refractivity contribution in [1.29, 1.82) is 0 Å². The predicted octanol–water partition coefficient (Wildman–Crippen LogP) is 2.39. The lowest BCUT2D eigenvalue weighted by atomic mass is 10.0. The normalized spacial score (nSPS) is 18.9. The first-order valence-corrected chi connectivity index (χ1v) is 11.1. The van der Waals surface area contributed by atoms with Gasteiger partial charge in [0.05, 0.1) is 22.4 Å². The largest absolute Gasteiger partial charge is 0.485 e. The fourth-order valence-corrected chi connectivity index (χ4v) is 3.94. The molecule has 1 atom stereocenters. The summed E-state index contributed by atoms with van der Waals surface area (Å²) in [7, 11) is 3.36.